The molecule has 1 saturated carbocycles. The molecule has 32 heavy (non-hydrogen) atoms. The molecule has 5 nitrogen and oxygen atoms in total. The summed E-state index contributed by atoms with van der Waals surface area (Å²) in [6.07, 6.45) is 0. The summed E-state index contributed by atoms with van der Waals surface area (Å²) in [6.45, 7) is 2.10. The number of nitrogens with one attached hydrogen (secondary N) is 1. The Morgan fingerprint density at radius 1 is 0.906 bits per heavy atom. The van der Waals surface area contributed by atoms with Crippen molar-refractivity contribution in [2.24, 2.45) is 5.92 Å². The van der Waals surface area contributed by atoms with Crippen LogP contribution in [0.4, 0.5) is 0 Å². The Morgan fingerprint density at radius 2 is 1.53 bits per heavy atom. The lowest BCUT2D eigenvalue weighted by Crippen LogP contribution is -2.46. The zero-order valence-corrected chi connectivity index (χ0v) is 18.8. The number of carbonyl (C=O) groups excluding carboxylic acids is 2. The third kappa shape index (κ3) is 2.60. The van der Waals surface area contributed by atoms with Crippen molar-refractivity contribution in [3.63, 3.8) is 0 Å². The molecule has 6 heteroatoms. The van der Waals surface area contributed by atoms with Gasteiger partial charge in [-0.2, -0.15) is 0 Å². The first-order valence-corrected chi connectivity index (χ1v) is 11.7. The van der Waals surface area contributed by atoms with Crippen LogP contribution in [0, 0.1) is 5.92 Å². The van der Waals surface area contributed by atoms with Gasteiger partial charge in [-0.3, -0.25) is 14.9 Å². The summed E-state index contributed by atoms with van der Waals surface area (Å²) < 4.78 is 10.9. The first kappa shape index (κ1) is 20.9. The van der Waals surface area contributed by atoms with Crippen LogP contribution in [-0.2, 0) is 29.9 Å². The second-order valence-corrected chi connectivity index (χ2v) is 9.21. The standard InChI is InChI=1S/C26H25NO4S/c1-3-31-23(28)20-25(17-11-6-4-7-12-17)21(19-15-10-16-32-19)27-22(24(29)30-2)26(20,25)18-13-8-5-9-14-18/h4-16,20-22,27H,3H2,1-2H3/t20-,21-,22+,25+,26-/m0/s1. The van der Waals surface area contributed by atoms with Crippen LogP contribution in [0.2, 0.25) is 0 Å². The predicted octanol–water partition coefficient (Wildman–Crippen LogP) is 4.00. The summed E-state index contributed by atoms with van der Waals surface area (Å²) in [5, 5.41) is 5.60. The normalized spacial score (nSPS) is 30.4. The van der Waals surface area contributed by atoms with Gasteiger partial charge in [0.15, 0.2) is 0 Å². The first-order valence-electron chi connectivity index (χ1n) is 10.8. The van der Waals surface area contributed by atoms with E-state index in [-0.39, 0.29) is 24.6 Å². The summed E-state index contributed by atoms with van der Waals surface area (Å²) in [5.74, 6) is -1.19. The van der Waals surface area contributed by atoms with Crippen LogP contribution in [0.3, 0.4) is 0 Å². The number of benzene rings is 2. The van der Waals surface area contributed by atoms with Crippen molar-refractivity contribution >= 4 is 23.3 Å². The van der Waals surface area contributed by atoms with E-state index in [1.807, 2.05) is 66.9 Å². The van der Waals surface area contributed by atoms with Gasteiger partial charge < -0.3 is 9.47 Å². The van der Waals surface area contributed by atoms with Gasteiger partial charge in [0.1, 0.15) is 6.04 Å². The Hall–Kier alpha value is -2.96. The molecule has 1 saturated heterocycles. The van der Waals surface area contributed by atoms with Crippen molar-refractivity contribution in [2.75, 3.05) is 13.7 Å². The van der Waals surface area contributed by atoms with Crippen molar-refractivity contribution in [1.29, 1.82) is 0 Å². The minimum Gasteiger partial charge on any atom is -0.468 e. The molecule has 0 unspecified atom stereocenters. The van der Waals surface area contributed by atoms with Crippen molar-refractivity contribution in [3.8, 4) is 0 Å². The molecule has 2 aromatic carbocycles. The lowest BCUT2D eigenvalue weighted by molar-refractivity contribution is -0.147. The number of hydrogen-bond donors (Lipinski definition) is 1. The van der Waals surface area contributed by atoms with Crippen molar-refractivity contribution in [2.45, 2.75) is 29.8 Å². The number of hydrogen-bond acceptors (Lipinski definition) is 6. The van der Waals surface area contributed by atoms with Gasteiger partial charge in [0, 0.05) is 15.7 Å². The lowest BCUT2D eigenvalue weighted by Gasteiger charge is -2.26. The molecular formula is C26H25NO4S. The summed E-state index contributed by atoms with van der Waals surface area (Å²) in [5.41, 5.74) is 0.429. The molecule has 0 spiro atoms. The van der Waals surface area contributed by atoms with Gasteiger partial charge >= 0.3 is 11.9 Å². The van der Waals surface area contributed by atoms with Gasteiger partial charge in [-0.15, -0.1) is 11.3 Å². The maximum Gasteiger partial charge on any atom is 0.323 e. The van der Waals surface area contributed by atoms with Crippen LogP contribution in [0.5, 0.6) is 0 Å². The highest BCUT2D eigenvalue weighted by Gasteiger charge is 2.90. The van der Waals surface area contributed by atoms with E-state index in [9.17, 15) is 9.59 Å². The molecule has 1 aromatic heterocycles. The molecule has 1 N–H and O–H groups in total. The topological polar surface area (TPSA) is 64.6 Å². The second kappa shape index (κ2) is 7.87. The fourth-order valence-electron chi connectivity index (χ4n) is 6.06. The van der Waals surface area contributed by atoms with Crippen molar-refractivity contribution < 1.29 is 19.1 Å². The molecule has 164 valence electrons. The fraction of sp³-hybridized carbons (Fsp3) is 0.308. The highest BCUT2D eigenvalue weighted by Crippen LogP contribution is 2.80. The van der Waals surface area contributed by atoms with Gasteiger partial charge in [-0.1, -0.05) is 66.7 Å². The highest BCUT2D eigenvalue weighted by atomic mass is 32.1. The van der Waals surface area contributed by atoms with Gasteiger partial charge in [0.05, 0.1) is 25.7 Å². The molecule has 0 radical (unpaired) electrons. The van der Waals surface area contributed by atoms with E-state index in [1.54, 1.807) is 11.3 Å². The molecular weight excluding hydrogens is 422 g/mol. The Kier molecular flexibility index (Phi) is 5.14. The largest absolute Gasteiger partial charge is 0.468 e. The SMILES string of the molecule is CCOC(=O)[C@@H]1[C@@]2(c3ccccc3)[C@@H](C(=O)OC)N[C@@H](c3cccs3)[C@@]12c1ccccc1. The quantitative estimate of drug-likeness (QED) is 0.579. The maximum atomic E-state index is 13.5. The molecule has 1 aliphatic carbocycles. The van der Waals surface area contributed by atoms with E-state index >= 15 is 0 Å². The van der Waals surface area contributed by atoms with Crippen LogP contribution in [-0.4, -0.2) is 31.7 Å². The zero-order chi connectivity index (χ0) is 22.3. The Balaban J connectivity index is 1.84. The molecule has 2 heterocycles. The Labute approximate surface area is 191 Å². The van der Waals surface area contributed by atoms with Crippen LogP contribution >= 0.6 is 11.3 Å². The Bertz CT molecular complexity index is 1120. The first-order chi connectivity index (χ1) is 15.6. The number of carbonyl (C=O) groups is 2. The lowest BCUT2D eigenvalue weighted by atomic mass is 9.77. The summed E-state index contributed by atoms with van der Waals surface area (Å²) in [6, 6.07) is 23.0. The molecule has 0 amide bonds. The van der Waals surface area contributed by atoms with E-state index in [2.05, 4.69) is 23.5 Å². The number of fused-ring (bicyclic) bond motifs is 1. The number of thiophene rings is 1. The molecule has 5 atom stereocenters. The number of ether oxygens (including phenoxy) is 2. The summed E-state index contributed by atoms with van der Waals surface area (Å²) >= 11 is 1.62. The van der Waals surface area contributed by atoms with E-state index < -0.39 is 22.8 Å². The number of methoxy groups -OCH3 is 1. The van der Waals surface area contributed by atoms with Crippen molar-refractivity contribution in [1.82, 2.24) is 5.32 Å². The van der Waals surface area contributed by atoms with Crippen LogP contribution in [0.1, 0.15) is 29.0 Å². The maximum absolute atomic E-state index is 13.5. The second-order valence-electron chi connectivity index (χ2n) is 8.23. The van der Waals surface area contributed by atoms with E-state index in [0.717, 1.165) is 16.0 Å². The van der Waals surface area contributed by atoms with Gasteiger partial charge in [0.25, 0.3) is 0 Å². The Morgan fingerprint density at radius 3 is 2.06 bits per heavy atom. The predicted molar refractivity (Wildman–Crippen MR) is 122 cm³/mol. The molecule has 0 bridgehead atoms. The average molecular weight is 448 g/mol. The summed E-state index contributed by atoms with van der Waals surface area (Å²) in [4.78, 5) is 27.8. The van der Waals surface area contributed by atoms with Gasteiger partial charge in [0.2, 0.25) is 0 Å². The monoisotopic (exact) mass is 447 g/mol. The zero-order valence-electron chi connectivity index (χ0n) is 18.0. The molecule has 3 aromatic rings. The molecule has 1 aliphatic heterocycles. The fourth-order valence-corrected chi connectivity index (χ4v) is 6.93. The van der Waals surface area contributed by atoms with E-state index in [4.69, 9.17) is 9.47 Å². The van der Waals surface area contributed by atoms with Gasteiger partial charge in [-0.25, -0.2) is 0 Å². The average Bonchev–Trinajstić information content (AvgIpc) is 3.12. The smallest absolute Gasteiger partial charge is 0.323 e. The van der Waals surface area contributed by atoms with Crippen LogP contribution < -0.4 is 5.32 Å². The number of piperidine rings is 1. The van der Waals surface area contributed by atoms with Crippen LogP contribution in [0.15, 0.2) is 78.2 Å². The van der Waals surface area contributed by atoms with E-state index in [0.29, 0.717) is 0 Å². The van der Waals surface area contributed by atoms with E-state index in [1.165, 1.54) is 7.11 Å². The van der Waals surface area contributed by atoms with Crippen LogP contribution in [0.25, 0.3) is 0 Å². The third-order valence-corrected chi connectivity index (χ3v) is 7.98. The van der Waals surface area contributed by atoms with Gasteiger partial charge in [-0.05, 0) is 29.5 Å². The minimum absolute atomic E-state index is 0.247. The third-order valence-electron chi connectivity index (χ3n) is 7.05. The molecule has 2 aliphatic rings. The van der Waals surface area contributed by atoms with Crippen molar-refractivity contribution in [3.05, 3.63) is 94.2 Å². The highest BCUT2D eigenvalue weighted by molar-refractivity contribution is 7.10. The molecule has 5 rings (SSSR count). The number of esters is 2. The minimum atomic E-state index is -0.830. The molecule has 2 fully saturated rings. The summed E-state index contributed by atoms with van der Waals surface area (Å²) in [7, 11) is 1.40. The number of rotatable bonds is 6.